The number of hydrogen-bond acceptors (Lipinski definition) is 1. The van der Waals surface area contributed by atoms with Crippen molar-refractivity contribution < 1.29 is 5.11 Å². The molecule has 1 unspecified atom stereocenters. The van der Waals surface area contributed by atoms with Crippen LogP contribution in [0.5, 0.6) is 0 Å². The van der Waals surface area contributed by atoms with E-state index in [9.17, 15) is 5.11 Å². The van der Waals surface area contributed by atoms with Gasteiger partial charge in [-0.25, -0.2) is 0 Å². The van der Waals surface area contributed by atoms with Crippen LogP contribution in [-0.2, 0) is 6.42 Å². The highest BCUT2D eigenvalue weighted by Gasteiger charge is 2.23. The quantitative estimate of drug-likeness (QED) is 0.777. The molecule has 0 saturated carbocycles. The lowest BCUT2D eigenvalue weighted by Gasteiger charge is -2.27. The van der Waals surface area contributed by atoms with Gasteiger partial charge in [0.1, 0.15) is 0 Å². The molecule has 1 nitrogen and oxygen atoms in total. The molecule has 0 saturated heterocycles. The summed E-state index contributed by atoms with van der Waals surface area (Å²) in [5, 5.41) is 9.56. The molecule has 78 valence electrons. The van der Waals surface area contributed by atoms with Gasteiger partial charge in [-0.3, -0.25) is 0 Å². The lowest BCUT2D eigenvalue weighted by Crippen LogP contribution is -2.26. The minimum Gasteiger partial charge on any atom is -0.393 e. The summed E-state index contributed by atoms with van der Waals surface area (Å²) < 4.78 is 0. The van der Waals surface area contributed by atoms with E-state index in [0.29, 0.717) is 0 Å². The molecule has 1 rings (SSSR count). The second-order valence-corrected chi connectivity index (χ2v) is 4.65. The molecular weight excluding hydrogens is 172 g/mol. The zero-order chi connectivity index (χ0) is 10.6. The van der Waals surface area contributed by atoms with Crippen molar-refractivity contribution in [3.8, 4) is 0 Å². The van der Waals surface area contributed by atoms with Crippen LogP contribution >= 0.6 is 0 Å². The van der Waals surface area contributed by atoms with E-state index in [1.165, 1.54) is 5.56 Å². The van der Waals surface area contributed by atoms with Crippen molar-refractivity contribution in [1.29, 1.82) is 0 Å². The van der Waals surface area contributed by atoms with Crippen molar-refractivity contribution in [2.75, 3.05) is 0 Å². The molecule has 0 aliphatic heterocycles. The van der Waals surface area contributed by atoms with Gasteiger partial charge in [0.2, 0.25) is 0 Å². The third-order valence-electron chi connectivity index (χ3n) is 3.03. The second-order valence-electron chi connectivity index (χ2n) is 4.65. The Balaban J connectivity index is 2.49. The standard InChI is InChI=1S/C13H20O/c1-11(14)13(2,3)10-9-12-7-5-4-6-8-12/h4-8,11,14H,9-10H2,1-3H3. The molecular formula is C13H20O. The molecule has 0 heterocycles. The van der Waals surface area contributed by atoms with Crippen LogP contribution in [0.3, 0.4) is 0 Å². The Morgan fingerprint density at radius 2 is 1.79 bits per heavy atom. The lowest BCUT2D eigenvalue weighted by atomic mass is 9.82. The molecule has 0 bridgehead atoms. The third kappa shape index (κ3) is 3.15. The largest absolute Gasteiger partial charge is 0.393 e. The number of hydrogen-bond donors (Lipinski definition) is 1. The summed E-state index contributed by atoms with van der Waals surface area (Å²) in [5.74, 6) is 0. The smallest absolute Gasteiger partial charge is 0.0563 e. The molecule has 1 heteroatoms. The van der Waals surface area contributed by atoms with Gasteiger partial charge in [-0.1, -0.05) is 44.2 Å². The van der Waals surface area contributed by atoms with Crippen molar-refractivity contribution in [2.24, 2.45) is 5.41 Å². The number of aliphatic hydroxyl groups is 1. The predicted octanol–water partition coefficient (Wildman–Crippen LogP) is 3.03. The highest BCUT2D eigenvalue weighted by Crippen LogP contribution is 2.26. The Morgan fingerprint density at radius 1 is 1.21 bits per heavy atom. The Labute approximate surface area is 86.8 Å². The van der Waals surface area contributed by atoms with E-state index in [4.69, 9.17) is 0 Å². The highest BCUT2D eigenvalue weighted by atomic mass is 16.3. The monoisotopic (exact) mass is 192 g/mol. The molecule has 1 atom stereocenters. The van der Waals surface area contributed by atoms with Gasteiger partial charge in [-0.15, -0.1) is 0 Å². The summed E-state index contributed by atoms with van der Waals surface area (Å²) in [6.07, 6.45) is 1.82. The number of benzene rings is 1. The first-order chi connectivity index (χ1) is 6.52. The van der Waals surface area contributed by atoms with Crippen LogP contribution in [0, 0.1) is 5.41 Å². The molecule has 0 aliphatic rings. The first-order valence-electron chi connectivity index (χ1n) is 5.24. The molecule has 14 heavy (non-hydrogen) atoms. The molecule has 0 amide bonds. The van der Waals surface area contributed by atoms with E-state index in [-0.39, 0.29) is 11.5 Å². The Morgan fingerprint density at radius 3 is 2.29 bits per heavy atom. The van der Waals surface area contributed by atoms with E-state index in [1.807, 2.05) is 13.0 Å². The van der Waals surface area contributed by atoms with E-state index >= 15 is 0 Å². The molecule has 1 aromatic rings. The van der Waals surface area contributed by atoms with E-state index in [2.05, 4.69) is 38.1 Å². The van der Waals surface area contributed by atoms with Gasteiger partial charge in [0.15, 0.2) is 0 Å². The molecule has 0 fully saturated rings. The Bertz CT molecular complexity index is 262. The van der Waals surface area contributed by atoms with Gasteiger partial charge < -0.3 is 5.11 Å². The zero-order valence-corrected chi connectivity index (χ0v) is 9.33. The van der Waals surface area contributed by atoms with Gasteiger partial charge in [-0.2, -0.15) is 0 Å². The summed E-state index contributed by atoms with van der Waals surface area (Å²) in [7, 11) is 0. The zero-order valence-electron chi connectivity index (χ0n) is 9.33. The first kappa shape index (κ1) is 11.3. The van der Waals surface area contributed by atoms with Crippen LogP contribution in [0.15, 0.2) is 30.3 Å². The van der Waals surface area contributed by atoms with Gasteiger partial charge in [-0.05, 0) is 30.7 Å². The van der Waals surface area contributed by atoms with Crippen molar-refractivity contribution in [1.82, 2.24) is 0 Å². The maximum Gasteiger partial charge on any atom is 0.0563 e. The van der Waals surface area contributed by atoms with Crippen LogP contribution in [0.25, 0.3) is 0 Å². The van der Waals surface area contributed by atoms with Crippen molar-refractivity contribution >= 4 is 0 Å². The molecule has 0 aliphatic carbocycles. The minimum atomic E-state index is -0.244. The second kappa shape index (κ2) is 4.61. The highest BCUT2D eigenvalue weighted by molar-refractivity contribution is 5.14. The van der Waals surface area contributed by atoms with Crippen molar-refractivity contribution in [3.63, 3.8) is 0 Å². The Kier molecular flexibility index (Phi) is 3.70. The first-order valence-corrected chi connectivity index (χ1v) is 5.24. The third-order valence-corrected chi connectivity index (χ3v) is 3.03. The summed E-state index contributed by atoms with van der Waals surface area (Å²) in [6, 6.07) is 10.4. The molecule has 0 spiro atoms. The molecule has 0 aromatic heterocycles. The van der Waals surface area contributed by atoms with Crippen LogP contribution < -0.4 is 0 Å². The fraction of sp³-hybridized carbons (Fsp3) is 0.538. The Hall–Kier alpha value is -0.820. The average molecular weight is 192 g/mol. The summed E-state index contributed by atoms with van der Waals surface area (Å²) in [5.41, 5.74) is 1.36. The number of aryl methyl sites for hydroxylation is 1. The van der Waals surface area contributed by atoms with Crippen LogP contribution in [-0.4, -0.2) is 11.2 Å². The van der Waals surface area contributed by atoms with E-state index < -0.39 is 0 Å². The SMILES string of the molecule is CC(O)C(C)(C)CCc1ccccc1. The normalized spacial score (nSPS) is 14.0. The lowest BCUT2D eigenvalue weighted by molar-refractivity contribution is 0.0600. The fourth-order valence-corrected chi connectivity index (χ4v) is 1.32. The maximum absolute atomic E-state index is 9.56. The van der Waals surface area contributed by atoms with Crippen molar-refractivity contribution in [2.45, 2.75) is 39.7 Å². The fourth-order valence-electron chi connectivity index (χ4n) is 1.32. The van der Waals surface area contributed by atoms with Crippen LogP contribution in [0.2, 0.25) is 0 Å². The minimum absolute atomic E-state index is 0.00976. The summed E-state index contributed by atoms with van der Waals surface area (Å²) >= 11 is 0. The van der Waals surface area contributed by atoms with E-state index in [0.717, 1.165) is 12.8 Å². The maximum atomic E-state index is 9.56. The average Bonchev–Trinajstić information content (AvgIpc) is 2.16. The molecule has 0 radical (unpaired) electrons. The molecule has 1 N–H and O–H groups in total. The predicted molar refractivity (Wildman–Crippen MR) is 60.2 cm³/mol. The topological polar surface area (TPSA) is 20.2 Å². The van der Waals surface area contributed by atoms with Gasteiger partial charge in [0, 0.05) is 0 Å². The van der Waals surface area contributed by atoms with Crippen molar-refractivity contribution in [3.05, 3.63) is 35.9 Å². The summed E-state index contributed by atoms with van der Waals surface area (Å²) in [6.45, 7) is 6.09. The number of aliphatic hydroxyl groups excluding tert-OH is 1. The number of rotatable bonds is 4. The van der Waals surface area contributed by atoms with E-state index in [1.54, 1.807) is 0 Å². The van der Waals surface area contributed by atoms with Crippen LogP contribution in [0.4, 0.5) is 0 Å². The van der Waals surface area contributed by atoms with Crippen LogP contribution in [0.1, 0.15) is 32.8 Å². The van der Waals surface area contributed by atoms with Gasteiger partial charge >= 0.3 is 0 Å². The van der Waals surface area contributed by atoms with Gasteiger partial charge in [0.05, 0.1) is 6.10 Å². The summed E-state index contributed by atoms with van der Waals surface area (Å²) in [4.78, 5) is 0. The molecule has 1 aromatic carbocycles. The van der Waals surface area contributed by atoms with Gasteiger partial charge in [0.25, 0.3) is 0 Å².